The van der Waals surface area contributed by atoms with E-state index in [1.165, 1.54) is 48.5 Å². The summed E-state index contributed by atoms with van der Waals surface area (Å²) in [6.45, 7) is 0. The third kappa shape index (κ3) is 2.60. The Morgan fingerprint density at radius 3 is 1.39 bits per heavy atom. The topological polar surface area (TPSA) is 102 Å². The van der Waals surface area contributed by atoms with Gasteiger partial charge in [-0.1, -0.05) is 24.3 Å². The zero-order valence-electron chi connectivity index (χ0n) is 14.0. The highest BCUT2D eigenvalue weighted by Crippen LogP contribution is 2.36. The van der Waals surface area contributed by atoms with Gasteiger partial charge in [0.2, 0.25) is 31.2 Å². The summed E-state index contributed by atoms with van der Waals surface area (Å²) in [5, 5.41) is -1.30. The molecule has 0 fully saturated rings. The first-order chi connectivity index (χ1) is 13.2. The second-order valence-corrected chi connectivity index (χ2v) is 10.4. The fraction of sp³-hybridized carbons (Fsp3) is 0.0526. The summed E-state index contributed by atoms with van der Waals surface area (Å²) in [6.07, 6.45) is 1.91. The molecule has 0 radical (unpaired) electrons. The fourth-order valence-corrected chi connectivity index (χ4v) is 6.84. The van der Waals surface area contributed by atoms with Gasteiger partial charge in [-0.15, -0.1) is 11.6 Å². The number of halogens is 1. The molecule has 2 heterocycles. The van der Waals surface area contributed by atoms with Crippen molar-refractivity contribution >= 4 is 42.8 Å². The maximum absolute atomic E-state index is 12.6. The number of fused-ring (bicyclic) bond motifs is 2. The Morgan fingerprint density at radius 2 is 1.04 bits per heavy atom. The van der Waals surface area contributed by atoms with Gasteiger partial charge in [0, 0.05) is 11.1 Å². The molecule has 0 aliphatic carbocycles. The van der Waals surface area contributed by atoms with Crippen molar-refractivity contribution in [2.75, 3.05) is 0 Å². The average Bonchev–Trinajstić information content (AvgIpc) is 2.98. The third-order valence-corrected chi connectivity index (χ3v) is 8.41. The van der Waals surface area contributed by atoms with E-state index in [0.29, 0.717) is 0 Å². The highest BCUT2D eigenvalue weighted by molar-refractivity contribution is 7.97. The molecule has 2 aliphatic rings. The number of rotatable bonds is 2. The minimum absolute atomic E-state index is 0.0299. The Morgan fingerprint density at radius 1 is 0.679 bits per heavy atom. The Hall–Kier alpha value is -2.55. The number of carbonyl (C=O) groups excluding carboxylic acids is 2. The summed E-state index contributed by atoms with van der Waals surface area (Å²) >= 11 is 6.13. The zero-order valence-corrected chi connectivity index (χ0v) is 16.4. The molecule has 0 aromatic heterocycles. The quantitative estimate of drug-likeness (QED) is 0.532. The Labute approximate surface area is 166 Å². The molecule has 0 amide bonds. The van der Waals surface area contributed by atoms with Gasteiger partial charge in [0.05, 0.1) is 15.2 Å². The van der Waals surface area contributed by atoms with Crippen LogP contribution in [0.4, 0.5) is 0 Å². The molecule has 0 spiro atoms. The molecular weight excluding hydrogens is 424 g/mol. The molecule has 0 saturated heterocycles. The number of hydrogen-bond acceptors (Lipinski definition) is 6. The number of sulfone groups is 2. The van der Waals surface area contributed by atoms with Crippen LogP contribution in [0, 0.1) is 0 Å². The van der Waals surface area contributed by atoms with E-state index in [0.717, 1.165) is 12.2 Å². The van der Waals surface area contributed by atoms with Crippen LogP contribution in [0.5, 0.6) is 0 Å². The van der Waals surface area contributed by atoms with Crippen LogP contribution in [-0.4, -0.2) is 33.8 Å². The van der Waals surface area contributed by atoms with Gasteiger partial charge in [0.25, 0.3) is 0 Å². The largest absolute Gasteiger partial charge is 0.288 e. The van der Waals surface area contributed by atoms with Gasteiger partial charge in [-0.3, -0.25) is 9.59 Å². The van der Waals surface area contributed by atoms with Crippen molar-refractivity contribution < 1.29 is 26.4 Å². The second kappa shape index (κ2) is 6.23. The van der Waals surface area contributed by atoms with E-state index >= 15 is 0 Å². The predicted octanol–water partition coefficient (Wildman–Crippen LogP) is 2.70. The molecule has 0 unspecified atom stereocenters. The van der Waals surface area contributed by atoms with Gasteiger partial charge < -0.3 is 0 Å². The number of allylic oxidation sites excluding steroid dienone is 4. The number of ketones is 2. The summed E-state index contributed by atoms with van der Waals surface area (Å²) in [6, 6.07) is 11.5. The van der Waals surface area contributed by atoms with Crippen LogP contribution in [0.1, 0.15) is 20.7 Å². The minimum atomic E-state index is -4.06. The Bertz CT molecular complexity index is 1230. The predicted molar refractivity (Wildman–Crippen MR) is 102 cm³/mol. The Balaban J connectivity index is 1.78. The molecule has 0 atom stereocenters. The maximum atomic E-state index is 12.6. The molecular formula is C19H11ClO6S2. The van der Waals surface area contributed by atoms with Crippen molar-refractivity contribution in [3.05, 3.63) is 81.6 Å². The number of carbonyl (C=O) groups is 2. The maximum Gasteiger partial charge on any atom is 0.210 e. The smallest absolute Gasteiger partial charge is 0.210 e. The SMILES string of the molecule is O=C1C(=CC(Cl)C=C2C(=O)c3ccccc3S2(=O)=O)S(=O)(=O)c2ccccc21. The van der Waals surface area contributed by atoms with E-state index in [1.54, 1.807) is 0 Å². The van der Waals surface area contributed by atoms with Crippen molar-refractivity contribution in [3.8, 4) is 0 Å². The molecule has 142 valence electrons. The van der Waals surface area contributed by atoms with Crippen molar-refractivity contribution in [3.63, 3.8) is 0 Å². The van der Waals surface area contributed by atoms with Crippen LogP contribution in [0.3, 0.4) is 0 Å². The third-order valence-electron chi connectivity index (χ3n) is 4.49. The molecule has 9 heteroatoms. The first-order valence-electron chi connectivity index (χ1n) is 8.01. The zero-order chi connectivity index (χ0) is 20.3. The van der Waals surface area contributed by atoms with E-state index < -0.39 is 46.4 Å². The highest BCUT2D eigenvalue weighted by atomic mass is 35.5. The number of alkyl halides is 1. The lowest BCUT2D eigenvalue weighted by atomic mass is 10.1. The van der Waals surface area contributed by atoms with E-state index in [4.69, 9.17) is 11.6 Å². The highest BCUT2D eigenvalue weighted by Gasteiger charge is 2.41. The lowest BCUT2D eigenvalue weighted by Gasteiger charge is -2.02. The molecule has 2 aliphatic heterocycles. The van der Waals surface area contributed by atoms with Crippen LogP contribution >= 0.6 is 11.6 Å². The molecule has 2 aromatic rings. The van der Waals surface area contributed by atoms with Crippen LogP contribution in [0.25, 0.3) is 0 Å². The number of hydrogen-bond donors (Lipinski definition) is 0. The summed E-state index contributed by atoms with van der Waals surface area (Å²) in [7, 11) is -8.11. The van der Waals surface area contributed by atoms with Crippen LogP contribution < -0.4 is 0 Å². The van der Waals surface area contributed by atoms with E-state index in [-0.39, 0.29) is 20.9 Å². The first-order valence-corrected chi connectivity index (χ1v) is 11.4. The van der Waals surface area contributed by atoms with E-state index in [9.17, 15) is 26.4 Å². The van der Waals surface area contributed by atoms with Crippen LogP contribution in [0.15, 0.2) is 80.3 Å². The second-order valence-electron chi connectivity index (χ2n) is 6.16. The summed E-state index contributed by atoms with van der Waals surface area (Å²) in [5.41, 5.74) is 0.0597. The van der Waals surface area contributed by atoms with Gasteiger partial charge in [0.1, 0.15) is 9.81 Å². The van der Waals surface area contributed by atoms with E-state index in [2.05, 4.69) is 0 Å². The molecule has 0 N–H and O–H groups in total. The van der Waals surface area contributed by atoms with Crippen molar-refractivity contribution in [2.45, 2.75) is 15.2 Å². The molecule has 0 bridgehead atoms. The van der Waals surface area contributed by atoms with Gasteiger partial charge in [0.15, 0.2) is 0 Å². The van der Waals surface area contributed by atoms with Gasteiger partial charge in [-0.25, -0.2) is 16.8 Å². The normalized spacial score (nSPS) is 23.0. The standard InChI is InChI=1S/C19H11ClO6S2/c20-11(9-16-18(21)12-5-1-3-7-14(12)27(16,23)24)10-17-19(22)13-6-2-4-8-15(13)28(17,25)26/h1-11H. The lowest BCUT2D eigenvalue weighted by Crippen LogP contribution is -2.08. The van der Waals surface area contributed by atoms with Crippen LogP contribution in [-0.2, 0) is 19.7 Å². The number of Topliss-reactive ketones (excluding diaryl/α,β-unsaturated/α-hetero) is 2. The summed E-state index contributed by atoms with van der Waals surface area (Å²) in [4.78, 5) is 23.6. The lowest BCUT2D eigenvalue weighted by molar-refractivity contribution is 0.103. The minimum Gasteiger partial charge on any atom is -0.288 e. The molecule has 2 aromatic carbocycles. The molecule has 6 nitrogen and oxygen atoms in total. The molecule has 4 rings (SSSR count). The van der Waals surface area contributed by atoms with Crippen molar-refractivity contribution in [1.82, 2.24) is 0 Å². The number of benzene rings is 2. The molecule has 0 saturated carbocycles. The molecule has 28 heavy (non-hydrogen) atoms. The first kappa shape index (κ1) is 18.8. The van der Waals surface area contributed by atoms with E-state index in [1.807, 2.05) is 0 Å². The average molecular weight is 435 g/mol. The fourth-order valence-electron chi connectivity index (χ4n) is 3.19. The summed E-state index contributed by atoms with van der Waals surface area (Å²) < 4.78 is 50.3. The van der Waals surface area contributed by atoms with Crippen molar-refractivity contribution in [1.29, 1.82) is 0 Å². The summed E-state index contributed by atoms with van der Waals surface area (Å²) in [5.74, 6) is -1.44. The monoisotopic (exact) mass is 434 g/mol. The van der Waals surface area contributed by atoms with Crippen molar-refractivity contribution in [2.24, 2.45) is 0 Å². The van der Waals surface area contributed by atoms with Gasteiger partial charge in [-0.2, -0.15) is 0 Å². The Kier molecular flexibility index (Phi) is 4.18. The van der Waals surface area contributed by atoms with Gasteiger partial charge in [-0.05, 0) is 36.4 Å². The van der Waals surface area contributed by atoms with Crippen LogP contribution in [0.2, 0.25) is 0 Å². The van der Waals surface area contributed by atoms with Gasteiger partial charge >= 0.3 is 0 Å².